The number of rotatable bonds is 4. The van der Waals surface area contributed by atoms with Crippen LogP contribution in [0.1, 0.15) is 16.8 Å². The molecular weight excluding hydrogens is 331 g/mol. The third-order valence-corrected chi connectivity index (χ3v) is 3.01. The quantitative estimate of drug-likeness (QED) is 0.878. The van der Waals surface area contributed by atoms with Gasteiger partial charge >= 0.3 is 12.1 Å². The molecule has 1 amide bonds. The molecule has 0 bridgehead atoms. The molecule has 2 N–H and O–H groups in total. The van der Waals surface area contributed by atoms with E-state index in [2.05, 4.69) is 0 Å². The van der Waals surface area contributed by atoms with Crippen LogP contribution in [0.4, 0.5) is 13.2 Å². The van der Waals surface area contributed by atoms with Crippen molar-refractivity contribution in [1.29, 1.82) is 0 Å². The standard InChI is InChI=1S/C12H9ClF3NO5/c13-6-1-5(2-8-9(6)22-4-21-8)10(18)17-7(11(19)20)3-12(14,15)16/h1-2,7H,3-4H2,(H,17,18)(H,19,20). The van der Waals surface area contributed by atoms with Crippen molar-refractivity contribution in [2.45, 2.75) is 18.6 Å². The van der Waals surface area contributed by atoms with Crippen LogP contribution in [0.2, 0.25) is 5.02 Å². The van der Waals surface area contributed by atoms with E-state index in [0.29, 0.717) is 0 Å². The smallest absolute Gasteiger partial charge is 0.391 e. The Morgan fingerprint density at radius 2 is 2.05 bits per heavy atom. The van der Waals surface area contributed by atoms with Gasteiger partial charge in [-0.3, -0.25) is 4.79 Å². The lowest BCUT2D eigenvalue weighted by Crippen LogP contribution is -2.43. The topological polar surface area (TPSA) is 84.9 Å². The van der Waals surface area contributed by atoms with E-state index >= 15 is 0 Å². The van der Waals surface area contributed by atoms with Gasteiger partial charge in [0.15, 0.2) is 11.5 Å². The Labute approximate surface area is 126 Å². The Morgan fingerprint density at radius 3 is 2.64 bits per heavy atom. The molecule has 2 rings (SSSR count). The third-order valence-electron chi connectivity index (χ3n) is 2.73. The molecule has 0 aromatic heterocycles. The summed E-state index contributed by atoms with van der Waals surface area (Å²) >= 11 is 5.84. The fourth-order valence-electron chi connectivity index (χ4n) is 1.77. The fourth-order valence-corrected chi connectivity index (χ4v) is 2.04. The average molecular weight is 340 g/mol. The van der Waals surface area contributed by atoms with Crippen molar-refractivity contribution >= 4 is 23.5 Å². The lowest BCUT2D eigenvalue weighted by atomic mass is 10.1. The molecule has 1 unspecified atom stereocenters. The van der Waals surface area contributed by atoms with Crippen LogP contribution in [0.25, 0.3) is 0 Å². The van der Waals surface area contributed by atoms with Crippen molar-refractivity contribution < 1.29 is 37.3 Å². The van der Waals surface area contributed by atoms with Gasteiger partial charge in [-0.1, -0.05) is 11.6 Å². The van der Waals surface area contributed by atoms with Crippen molar-refractivity contribution in [2.75, 3.05) is 6.79 Å². The number of ether oxygens (including phenoxy) is 2. The molecule has 0 radical (unpaired) electrons. The molecule has 0 saturated carbocycles. The predicted molar refractivity (Wildman–Crippen MR) is 67.1 cm³/mol. The maximum atomic E-state index is 12.3. The van der Waals surface area contributed by atoms with Crippen molar-refractivity contribution in [2.24, 2.45) is 0 Å². The van der Waals surface area contributed by atoms with Crippen molar-refractivity contribution in [3.63, 3.8) is 0 Å². The Kier molecular flexibility index (Phi) is 4.36. The van der Waals surface area contributed by atoms with Gasteiger partial charge in [0.1, 0.15) is 6.04 Å². The van der Waals surface area contributed by atoms with Gasteiger partial charge in [-0.05, 0) is 12.1 Å². The maximum Gasteiger partial charge on any atom is 0.391 e. The minimum atomic E-state index is -4.73. The number of hydrogen-bond acceptors (Lipinski definition) is 4. The summed E-state index contributed by atoms with van der Waals surface area (Å²) in [5.41, 5.74) is -0.136. The minimum Gasteiger partial charge on any atom is -0.480 e. The zero-order valence-corrected chi connectivity index (χ0v) is 11.5. The molecule has 0 fully saturated rings. The second-order valence-corrected chi connectivity index (χ2v) is 4.78. The highest BCUT2D eigenvalue weighted by atomic mass is 35.5. The molecular formula is C12H9ClF3NO5. The van der Waals surface area contributed by atoms with E-state index in [1.54, 1.807) is 5.32 Å². The summed E-state index contributed by atoms with van der Waals surface area (Å²) in [7, 11) is 0. The number of halogens is 4. The van der Waals surface area contributed by atoms with E-state index in [1.807, 2.05) is 0 Å². The van der Waals surface area contributed by atoms with Gasteiger partial charge in [0.2, 0.25) is 6.79 Å². The molecule has 10 heteroatoms. The van der Waals surface area contributed by atoms with E-state index in [0.717, 1.165) is 6.07 Å². The summed E-state index contributed by atoms with van der Waals surface area (Å²) in [6.07, 6.45) is -6.42. The first-order valence-corrected chi connectivity index (χ1v) is 6.25. The molecule has 0 spiro atoms. The Balaban J connectivity index is 2.17. The average Bonchev–Trinajstić information content (AvgIpc) is 2.84. The predicted octanol–water partition coefficient (Wildman–Crippen LogP) is 2.20. The van der Waals surface area contributed by atoms with Crippen molar-refractivity contribution in [3.05, 3.63) is 22.7 Å². The maximum absolute atomic E-state index is 12.3. The number of benzene rings is 1. The van der Waals surface area contributed by atoms with Crippen LogP contribution in [-0.4, -0.2) is 36.0 Å². The number of alkyl halides is 3. The molecule has 1 atom stereocenters. The van der Waals surface area contributed by atoms with E-state index in [-0.39, 0.29) is 28.9 Å². The Hall–Kier alpha value is -2.16. The molecule has 1 aromatic carbocycles. The van der Waals surface area contributed by atoms with Gasteiger partial charge in [-0.25, -0.2) is 4.79 Å². The molecule has 1 heterocycles. The molecule has 1 aliphatic heterocycles. The number of aliphatic carboxylic acids is 1. The van der Waals surface area contributed by atoms with Gasteiger partial charge in [-0.2, -0.15) is 13.2 Å². The van der Waals surface area contributed by atoms with Gasteiger partial charge in [0.05, 0.1) is 11.4 Å². The van der Waals surface area contributed by atoms with Crippen LogP contribution >= 0.6 is 11.6 Å². The van der Waals surface area contributed by atoms with Crippen molar-refractivity contribution in [1.82, 2.24) is 5.32 Å². The summed E-state index contributed by atoms with van der Waals surface area (Å²) < 4.78 is 46.9. The monoisotopic (exact) mass is 339 g/mol. The molecule has 6 nitrogen and oxygen atoms in total. The zero-order chi connectivity index (χ0) is 16.5. The van der Waals surface area contributed by atoms with Crippen LogP contribution in [0, 0.1) is 0 Å². The fraction of sp³-hybridized carbons (Fsp3) is 0.333. The summed E-state index contributed by atoms with van der Waals surface area (Å²) in [4.78, 5) is 22.7. The Morgan fingerprint density at radius 1 is 1.36 bits per heavy atom. The minimum absolute atomic E-state index is 0.0304. The highest BCUT2D eigenvalue weighted by Crippen LogP contribution is 2.39. The van der Waals surface area contributed by atoms with Crippen LogP contribution in [0.5, 0.6) is 11.5 Å². The van der Waals surface area contributed by atoms with Gasteiger partial charge in [0, 0.05) is 5.56 Å². The van der Waals surface area contributed by atoms with E-state index in [1.165, 1.54) is 6.07 Å². The van der Waals surface area contributed by atoms with Crippen LogP contribution < -0.4 is 14.8 Å². The zero-order valence-electron chi connectivity index (χ0n) is 10.7. The van der Waals surface area contributed by atoms with E-state index in [9.17, 15) is 22.8 Å². The molecule has 0 saturated heterocycles. The molecule has 22 heavy (non-hydrogen) atoms. The summed E-state index contributed by atoms with van der Waals surface area (Å²) in [6, 6.07) is 0.254. The number of nitrogens with one attached hydrogen (secondary N) is 1. The number of carboxylic acids is 1. The van der Waals surface area contributed by atoms with Crippen molar-refractivity contribution in [3.8, 4) is 11.5 Å². The normalized spacial score (nSPS) is 14.5. The summed E-state index contributed by atoms with van der Waals surface area (Å²) in [6.45, 7) is -0.105. The van der Waals surface area contributed by atoms with Crippen LogP contribution in [0.3, 0.4) is 0 Å². The third kappa shape index (κ3) is 3.73. The SMILES string of the molecule is O=C(NC(CC(F)(F)F)C(=O)O)c1cc(Cl)c2c(c1)OCO2. The largest absolute Gasteiger partial charge is 0.480 e. The Bertz CT molecular complexity index is 620. The first kappa shape index (κ1) is 16.2. The number of carbonyl (C=O) groups is 2. The van der Waals surface area contributed by atoms with Gasteiger partial charge in [0.25, 0.3) is 5.91 Å². The van der Waals surface area contributed by atoms with Crippen LogP contribution in [-0.2, 0) is 4.79 Å². The second kappa shape index (κ2) is 5.91. The lowest BCUT2D eigenvalue weighted by molar-refractivity contribution is -0.157. The number of hydrogen-bond donors (Lipinski definition) is 2. The van der Waals surface area contributed by atoms with E-state index < -0.39 is 30.5 Å². The second-order valence-electron chi connectivity index (χ2n) is 4.38. The highest BCUT2D eigenvalue weighted by molar-refractivity contribution is 6.32. The van der Waals surface area contributed by atoms with Gasteiger partial charge in [-0.15, -0.1) is 0 Å². The highest BCUT2D eigenvalue weighted by Gasteiger charge is 2.36. The summed E-state index contributed by atoms with van der Waals surface area (Å²) in [5, 5.41) is 10.6. The molecule has 120 valence electrons. The number of carboxylic acid groups (broad SMARTS) is 1. The number of amides is 1. The number of carbonyl (C=O) groups excluding carboxylic acids is 1. The lowest BCUT2D eigenvalue weighted by Gasteiger charge is -2.16. The van der Waals surface area contributed by atoms with Gasteiger partial charge < -0.3 is 19.9 Å². The molecule has 1 aromatic rings. The first-order valence-electron chi connectivity index (χ1n) is 5.87. The first-order chi connectivity index (χ1) is 10.2. The van der Waals surface area contributed by atoms with Crippen LogP contribution in [0.15, 0.2) is 12.1 Å². The number of fused-ring (bicyclic) bond motifs is 1. The summed E-state index contributed by atoms with van der Waals surface area (Å²) in [5.74, 6) is -2.45. The molecule has 1 aliphatic rings. The van der Waals surface area contributed by atoms with E-state index in [4.69, 9.17) is 26.2 Å². The molecule has 0 aliphatic carbocycles.